The van der Waals surface area contributed by atoms with E-state index in [-0.39, 0.29) is 11.3 Å². The van der Waals surface area contributed by atoms with E-state index in [0.29, 0.717) is 23.0 Å². The molecule has 1 aromatic carbocycles. The Hall–Kier alpha value is -3.19. The number of aromatic nitrogens is 2. The van der Waals surface area contributed by atoms with E-state index in [1.165, 1.54) is 0 Å². The molecule has 0 aliphatic heterocycles. The highest BCUT2D eigenvalue weighted by Gasteiger charge is 2.22. The Balaban J connectivity index is 1.69. The van der Waals surface area contributed by atoms with Crippen LogP contribution in [0.25, 0.3) is 11.1 Å². The van der Waals surface area contributed by atoms with Gasteiger partial charge in [0.15, 0.2) is 5.82 Å². The molecule has 7 heteroatoms. The fourth-order valence-electron chi connectivity index (χ4n) is 2.50. The molecule has 2 heterocycles. The quantitative estimate of drug-likeness (QED) is 0.653. The van der Waals surface area contributed by atoms with Crippen LogP contribution in [0.15, 0.2) is 53.2 Å². The first-order valence-corrected chi connectivity index (χ1v) is 8.59. The summed E-state index contributed by atoms with van der Waals surface area (Å²) in [4.78, 5) is 16.5. The smallest absolute Gasteiger partial charge is 0.247 e. The number of hydrogen-bond donors (Lipinski definition) is 3. The first kappa shape index (κ1) is 18.6. The Kier molecular flexibility index (Phi) is 4.96. The van der Waals surface area contributed by atoms with Crippen LogP contribution < -0.4 is 16.8 Å². The second kappa shape index (κ2) is 7.20. The minimum Gasteiger partial charge on any atom is -0.384 e. The zero-order valence-electron chi connectivity index (χ0n) is 15.6. The van der Waals surface area contributed by atoms with Crippen molar-refractivity contribution < 1.29 is 9.32 Å². The van der Waals surface area contributed by atoms with Gasteiger partial charge in [0.05, 0.1) is 0 Å². The van der Waals surface area contributed by atoms with Crippen LogP contribution in [0.1, 0.15) is 38.1 Å². The topological polar surface area (TPSA) is 120 Å². The molecule has 0 aliphatic carbocycles. The molecule has 1 amide bonds. The Morgan fingerprint density at radius 1 is 1.11 bits per heavy atom. The third kappa shape index (κ3) is 4.32. The number of carbonyl (C=O) groups is 1. The zero-order valence-corrected chi connectivity index (χ0v) is 15.6. The lowest BCUT2D eigenvalue weighted by atomic mass is 9.93. The average molecular weight is 365 g/mol. The third-order valence-corrected chi connectivity index (χ3v) is 4.17. The van der Waals surface area contributed by atoms with Crippen molar-refractivity contribution in [3.8, 4) is 11.1 Å². The van der Waals surface area contributed by atoms with Crippen molar-refractivity contribution in [1.82, 2.24) is 10.1 Å². The molecule has 0 fully saturated rings. The summed E-state index contributed by atoms with van der Waals surface area (Å²) in [5.74, 6) is 1.15. The molecule has 0 aliphatic rings. The average Bonchev–Trinajstić information content (AvgIpc) is 3.11. The maximum Gasteiger partial charge on any atom is 0.247 e. The summed E-state index contributed by atoms with van der Waals surface area (Å²) < 4.78 is 5.27. The molecule has 1 atom stereocenters. The number of nitrogens with zero attached hydrogens (tertiary/aromatic N) is 2. The molecule has 0 saturated carbocycles. The van der Waals surface area contributed by atoms with Crippen LogP contribution in [-0.2, 0) is 10.2 Å². The Labute approximate surface area is 157 Å². The van der Waals surface area contributed by atoms with Crippen molar-refractivity contribution >= 4 is 17.5 Å². The van der Waals surface area contributed by atoms with Crippen LogP contribution in [0.3, 0.4) is 0 Å². The molecule has 7 nitrogen and oxygen atoms in total. The lowest BCUT2D eigenvalue weighted by Crippen LogP contribution is -2.27. The summed E-state index contributed by atoms with van der Waals surface area (Å²) in [5.41, 5.74) is 14.1. The van der Waals surface area contributed by atoms with E-state index in [2.05, 4.69) is 15.5 Å². The molecule has 1 unspecified atom stereocenters. The van der Waals surface area contributed by atoms with Crippen LogP contribution in [0.5, 0.6) is 0 Å². The summed E-state index contributed by atoms with van der Waals surface area (Å²) in [6.45, 7) is 6.01. The SMILES string of the molecule is CC(C)(C)c1cc(NC(=O)C(N)c2ccc(-c3ccc(N)nc3)cc2)no1. The third-order valence-electron chi connectivity index (χ3n) is 4.17. The van der Waals surface area contributed by atoms with Gasteiger partial charge in [0.1, 0.15) is 17.6 Å². The van der Waals surface area contributed by atoms with Crippen molar-refractivity contribution in [2.75, 3.05) is 11.1 Å². The van der Waals surface area contributed by atoms with E-state index in [1.807, 2.05) is 51.1 Å². The summed E-state index contributed by atoms with van der Waals surface area (Å²) in [7, 11) is 0. The number of rotatable bonds is 4. The number of carbonyl (C=O) groups excluding carboxylic acids is 1. The number of pyridine rings is 1. The summed E-state index contributed by atoms with van der Waals surface area (Å²) in [6, 6.07) is 11.9. The predicted molar refractivity (Wildman–Crippen MR) is 105 cm³/mol. The Morgan fingerprint density at radius 2 is 1.78 bits per heavy atom. The van der Waals surface area contributed by atoms with Gasteiger partial charge in [-0.1, -0.05) is 50.2 Å². The molecule has 0 saturated heterocycles. The normalized spacial score (nSPS) is 12.6. The van der Waals surface area contributed by atoms with Crippen LogP contribution in [0.2, 0.25) is 0 Å². The largest absolute Gasteiger partial charge is 0.384 e. The van der Waals surface area contributed by atoms with E-state index < -0.39 is 6.04 Å². The molecule has 3 rings (SSSR count). The van der Waals surface area contributed by atoms with Crippen LogP contribution in [0.4, 0.5) is 11.6 Å². The monoisotopic (exact) mass is 365 g/mol. The number of nitrogen functional groups attached to an aromatic ring is 1. The molecular weight excluding hydrogens is 342 g/mol. The molecule has 3 aromatic rings. The lowest BCUT2D eigenvalue weighted by Gasteiger charge is -2.13. The predicted octanol–water partition coefficient (Wildman–Crippen LogP) is 3.25. The van der Waals surface area contributed by atoms with Gasteiger partial charge >= 0.3 is 0 Å². The number of nitrogens with one attached hydrogen (secondary N) is 1. The number of nitrogens with two attached hydrogens (primary N) is 2. The van der Waals surface area contributed by atoms with Gasteiger partial charge in [-0.15, -0.1) is 0 Å². The van der Waals surface area contributed by atoms with Crippen molar-refractivity contribution in [1.29, 1.82) is 0 Å². The fourth-order valence-corrected chi connectivity index (χ4v) is 2.50. The van der Waals surface area contributed by atoms with Gasteiger partial charge in [0.25, 0.3) is 0 Å². The second-order valence-corrected chi connectivity index (χ2v) is 7.39. The highest BCUT2D eigenvalue weighted by Crippen LogP contribution is 2.25. The molecule has 0 bridgehead atoms. The summed E-state index contributed by atoms with van der Waals surface area (Å²) in [6.07, 6.45) is 1.70. The van der Waals surface area contributed by atoms with E-state index >= 15 is 0 Å². The standard InChI is InChI=1S/C20H23N5O2/c1-20(2,3)15-10-17(25-27-15)24-19(26)18(22)13-6-4-12(5-7-13)14-8-9-16(21)23-11-14/h4-11,18H,22H2,1-3H3,(H2,21,23)(H,24,25,26). The number of anilines is 2. The second-order valence-electron chi connectivity index (χ2n) is 7.39. The van der Waals surface area contributed by atoms with Crippen molar-refractivity contribution in [3.05, 3.63) is 60.0 Å². The highest BCUT2D eigenvalue weighted by molar-refractivity contribution is 5.94. The molecule has 0 radical (unpaired) electrons. The molecule has 140 valence electrons. The maximum atomic E-state index is 12.4. The van der Waals surface area contributed by atoms with Crippen molar-refractivity contribution in [2.24, 2.45) is 5.73 Å². The van der Waals surface area contributed by atoms with Crippen molar-refractivity contribution in [3.63, 3.8) is 0 Å². The number of benzene rings is 1. The maximum absolute atomic E-state index is 12.4. The molecule has 0 spiro atoms. The zero-order chi connectivity index (χ0) is 19.6. The molecule has 2 aromatic heterocycles. The first-order valence-electron chi connectivity index (χ1n) is 8.59. The van der Waals surface area contributed by atoms with Gasteiger partial charge < -0.3 is 21.3 Å². The fraction of sp³-hybridized carbons (Fsp3) is 0.250. The molecule has 5 N–H and O–H groups in total. The van der Waals surface area contributed by atoms with Gasteiger partial charge in [0, 0.05) is 23.2 Å². The van der Waals surface area contributed by atoms with Gasteiger partial charge in [-0.05, 0) is 23.3 Å². The van der Waals surface area contributed by atoms with Gasteiger partial charge in [-0.25, -0.2) is 4.98 Å². The number of amides is 1. The minimum absolute atomic E-state index is 0.190. The van der Waals surface area contributed by atoms with Crippen LogP contribution in [-0.4, -0.2) is 16.0 Å². The van der Waals surface area contributed by atoms with Gasteiger partial charge in [0.2, 0.25) is 5.91 Å². The Bertz CT molecular complexity index is 924. The summed E-state index contributed by atoms with van der Waals surface area (Å²) >= 11 is 0. The van der Waals surface area contributed by atoms with Crippen LogP contribution in [0, 0.1) is 0 Å². The highest BCUT2D eigenvalue weighted by atomic mass is 16.5. The van der Waals surface area contributed by atoms with E-state index in [9.17, 15) is 4.79 Å². The van der Waals surface area contributed by atoms with Gasteiger partial charge in [-0.2, -0.15) is 0 Å². The summed E-state index contributed by atoms with van der Waals surface area (Å²) in [5, 5.41) is 6.57. The number of hydrogen-bond acceptors (Lipinski definition) is 6. The van der Waals surface area contributed by atoms with E-state index in [1.54, 1.807) is 18.3 Å². The van der Waals surface area contributed by atoms with E-state index in [4.69, 9.17) is 16.0 Å². The minimum atomic E-state index is -0.821. The lowest BCUT2D eigenvalue weighted by molar-refractivity contribution is -0.117. The first-order chi connectivity index (χ1) is 12.7. The van der Waals surface area contributed by atoms with Crippen LogP contribution >= 0.6 is 0 Å². The Morgan fingerprint density at radius 3 is 2.33 bits per heavy atom. The van der Waals surface area contributed by atoms with Gasteiger partial charge in [-0.3, -0.25) is 4.79 Å². The molecular formula is C20H23N5O2. The van der Waals surface area contributed by atoms with Crippen molar-refractivity contribution in [2.45, 2.75) is 32.2 Å². The molecule has 27 heavy (non-hydrogen) atoms. The van der Waals surface area contributed by atoms with E-state index in [0.717, 1.165) is 11.1 Å².